The minimum atomic E-state index is -0.424. The van der Waals surface area contributed by atoms with Gasteiger partial charge in [-0.3, -0.25) is 4.79 Å². The van der Waals surface area contributed by atoms with Crippen molar-refractivity contribution in [2.45, 2.75) is 19.9 Å². The Morgan fingerprint density at radius 2 is 1.73 bits per heavy atom. The maximum atomic E-state index is 12.9. The summed E-state index contributed by atoms with van der Waals surface area (Å²) < 4.78 is 12.9. The van der Waals surface area contributed by atoms with Crippen molar-refractivity contribution in [1.29, 1.82) is 0 Å². The summed E-state index contributed by atoms with van der Waals surface area (Å²) in [4.78, 5) is 12.0. The average molecular weight is 299 g/mol. The molecule has 4 nitrogen and oxygen atoms in total. The fourth-order valence-electron chi connectivity index (χ4n) is 1.84. The summed E-state index contributed by atoms with van der Waals surface area (Å²) in [5.41, 5.74) is 4.74. The minimum absolute atomic E-state index is 0.245. The molecule has 0 heterocycles. The van der Waals surface area contributed by atoms with Gasteiger partial charge in [0.05, 0.1) is 5.71 Å². The first kappa shape index (κ1) is 15.7. The highest BCUT2D eigenvalue weighted by Gasteiger charge is 2.11. The molecule has 0 aromatic heterocycles. The molecule has 0 saturated carbocycles. The lowest BCUT2D eigenvalue weighted by Gasteiger charge is -2.13. The monoisotopic (exact) mass is 299 g/mol. The molecule has 0 saturated heterocycles. The highest BCUT2D eigenvalue weighted by molar-refractivity contribution is 5.99. The molecule has 0 fully saturated rings. The van der Waals surface area contributed by atoms with Crippen molar-refractivity contribution < 1.29 is 9.18 Å². The lowest BCUT2D eigenvalue weighted by Crippen LogP contribution is -2.35. The van der Waals surface area contributed by atoms with E-state index < -0.39 is 6.04 Å². The minimum Gasteiger partial charge on any atom is -0.374 e. The highest BCUT2D eigenvalue weighted by Crippen LogP contribution is 2.07. The lowest BCUT2D eigenvalue weighted by molar-refractivity contribution is -0.121. The van der Waals surface area contributed by atoms with Crippen molar-refractivity contribution in [1.82, 2.24) is 5.43 Å². The summed E-state index contributed by atoms with van der Waals surface area (Å²) in [7, 11) is 0. The van der Waals surface area contributed by atoms with Crippen LogP contribution in [0.2, 0.25) is 0 Å². The first-order valence-electron chi connectivity index (χ1n) is 6.98. The molecule has 5 heteroatoms. The van der Waals surface area contributed by atoms with Gasteiger partial charge < -0.3 is 5.32 Å². The van der Waals surface area contributed by atoms with E-state index in [4.69, 9.17) is 0 Å². The molecule has 1 atom stereocenters. The molecule has 2 aromatic carbocycles. The molecular weight excluding hydrogens is 281 g/mol. The van der Waals surface area contributed by atoms with Gasteiger partial charge in [0, 0.05) is 5.69 Å². The van der Waals surface area contributed by atoms with E-state index in [0.717, 1.165) is 11.3 Å². The quantitative estimate of drug-likeness (QED) is 0.658. The van der Waals surface area contributed by atoms with Crippen molar-refractivity contribution >= 4 is 17.3 Å². The van der Waals surface area contributed by atoms with Gasteiger partial charge in [-0.1, -0.05) is 30.3 Å². The molecule has 0 unspecified atom stereocenters. The van der Waals surface area contributed by atoms with Crippen molar-refractivity contribution in [3.63, 3.8) is 0 Å². The van der Waals surface area contributed by atoms with Crippen molar-refractivity contribution in [3.8, 4) is 0 Å². The normalized spacial score (nSPS) is 12.6. The van der Waals surface area contributed by atoms with Gasteiger partial charge in [0.25, 0.3) is 5.91 Å². The fraction of sp³-hybridized carbons (Fsp3) is 0.176. The topological polar surface area (TPSA) is 53.5 Å². The molecule has 0 aliphatic heterocycles. The summed E-state index contributed by atoms with van der Waals surface area (Å²) in [6.45, 7) is 3.51. The van der Waals surface area contributed by atoms with Crippen LogP contribution in [0.1, 0.15) is 19.4 Å². The molecule has 22 heavy (non-hydrogen) atoms. The number of anilines is 1. The Morgan fingerprint density at radius 3 is 2.36 bits per heavy atom. The number of nitrogens with one attached hydrogen (secondary N) is 2. The molecule has 0 spiro atoms. The number of amides is 1. The van der Waals surface area contributed by atoms with Crippen LogP contribution >= 0.6 is 0 Å². The molecule has 0 bridgehead atoms. The standard InChI is InChI=1S/C17H18FN3O/c1-12(14-8-10-15(18)11-9-14)20-21-17(22)13(2)19-16-6-4-3-5-7-16/h3-11,13,19H,1-2H3,(H,21,22)/b20-12+/t13-/m1/s1. The second-order valence-corrected chi connectivity index (χ2v) is 4.91. The number of benzene rings is 2. The Balaban J connectivity index is 1.93. The Bertz CT molecular complexity index is 653. The molecule has 1 amide bonds. The number of nitrogens with zero attached hydrogens (tertiary/aromatic N) is 1. The molecule has 2 aromatic rings. The number of hydrogen-bond donors (Lipinski definition) is 2. The van der Waals surface area contributed by atoms with E-state index in [1.54, 1.807) is 26.0 Å². The van der Waals surface area contributed by atoms with Gasteiger partial charge >= 0.3 is 0 Å². The van der Waals surface area contributed by atoms with Gasteiger partial charge in [0.2, 0.25) is 0 Å². The van der Waals surface area contributed by atoms with E-state index >= 15 is 0 Å². The maximum absolute atomic E-state index is 12.9. The first-order chi connectivity index (χ1) is 10.6. The summed E-state index contributed by atoms with van der Waals surface area (Å²) >= 11 is 0. The van der Waals surface area contributed by atoms with E-state index in [-0.39, 0.29) is 11.7 Å². The van der Waals surface area contributed by atoms with Crippen molar-refractivity contribution in [3.05, 3.63) is 66.0 Å². The van der Waals surface area contributed by atoms with Gasteiger partial charge in [-0.2, -0.15) is 5.10 Å². The number of carbonyl (C=O) groups is 1. The van der Waals surface area contributed by atoms with Crippen LogP contribution in [-0.2, 0) is 4.79 Å². The van der Waals surface area contributed by atoms with E-state index in [9.17, 15) is 9.18 Å². The molecule has 0 aliphatic rings. The molecule has 0 radical (unpaired) electrons. The number of halogens is 1. The summed E-state index contributed by atoms with van der Waals surface area (Å²) in [5, 5.41) is 7.12. The second kappa shape index (κ2) is 7.36. The number of hydrogen-bond acceptors (Lipinski definition) is 3. The third-order valence-corrected chi connectivity index (χ3v) is 3.15. The lowest BCUT2D eigenvalue weighted by atomic mass is 10.1. The van der Waals surface area contributed by atoms with Crippen LogP contribution in [0.3, 0.4) is 0 Å². The van der Waals surface area contributed by atoms with Crippen LogP contribution in [0.25, 0.3) is 0 Å². The largest absolute Gasteiger partial charge is 0.374 e. The van der Waals surface area contributed by atoms with Crippen LogP contribution in [0.15, 0.2) is 59.7 Å². The Kier molecular flexibility index (Phi) is 5.25. The third kappa shape index (κ3) is 4.41. The van der Waals surface area contributed by atoms with Gasteiger partial charge in [-0.25, -0.2) is 9.82 Å². The van der Waals surface area contributed by atoms with Crippen LogP contribution in [-0.4, -0.2) is 17.7 Å². The average Bonchev–Trinajstić information content (AvgIpc) is 2.53. The summed E-state index contributed by atoms with van der Waals surface area (Å²) in [6.07, 6.45) is 0. The molecule has 114 valence electrons. The van der Waals surface area contributed by atoms with E-state index in [1.807, 2.05) is 30.3 Å². The molecule has 0 aliphatic carbocycles. The molecular formula is C17H18FN3O. The Hall–Kier alpha value is -2.69. The van der Waals surface area contributed by atoms with Gasteiger partial charge in [0.15, 0.2) is 0 Å². The molecule has 2 rings (SSSR count). The zero-order valence-electron chi connectivity index (χ0n) is 12.5. The van der Waals surface area contributed by atoms with Gasteiger partial charge in [-0.05, 0) is 43.7 Å². The van der Waals surface area contributed by atoms with E-state index in [0.29, 0.717) is 5.71 Å². The Labute approximate surface area is 129 Å². The number of para-hydroxylation sites is 1. The van der Waals surface area contributed by atoms with Crippen molar-refractivity contribution in [2.24, 2.45) is 5.10 Å². The van der Waals surface area contributed by atoms with Crippen LogP contribution in [0.5, 0.6) is 0 Å². The van der Waals surface area contributed by atoms with Crippen molar-refractivity contribution in [2.75, 3.05) is 5.32 Å². The van der Waals surface area contributed by atoms with Crippen LogP contribution < -0.4 is 10.7 Å². The van der Waals surface area contributed by atoms with Crippen LogP contribution in [0.4, 0.5) is 10.1 Å². The summed E-state index contributed by atoms with van der Waals surface area (Å²) in [5.74, 6) is -0.549. The van der Waals surface area contributed by atoms with E-state index in [2.05, 4.69) is 15.8 Å². The zero-order chi connectivity index (χ0) is 15.9. The predicted octanol–water partition coefficient (Wildman–Crippen LogP) is 3.17. The predicted molar refractivity (Wildman–Crippen MR) is 86.3 cm³/mol. The van der Waals surface area contributed by atoms with Crippen LogP contribution in [0, 0.1) is 5.82 Å². The Morgan fingerprint density at radius 1 is 1.09 bits per heavy atom. The van der Waals surface area contributed by atoms with Gasteiger partial charge in [0.1, 0.15) is 11.9 Å². The number of carbonyl (C=O) groups excluding carboxylic acids is 1. The van der Waals surface area contributed by atoms with E-state index in [1.165, 1.54) is 12.1 Å². The number of rotatable bonds is 5. The molecule has 2 N–H and O–H groups in total. The smallest absolute Gasteiger partial charge is 0.262 e. The third-order valence-electron chi connectivity index (χ3n) is 3.15. The maximum Gasteiger partial charge on any atom is 0.262 e. The number of hydrazone groups is 1. The zero-order valence-corrected chi connectivity index (χ0v) is 12.5. The van der Waals surface area contributed by atoms with Gasteiger partial charge in [-0.15, -0.1) is 0 Å². The fourth-order valence-corrected chi connectivity index (χ4v) is 1.84. The SMILES string of the molecule is C/C(=N\NC(=O)[C@@H](C)Nc1ccccc1)c1ccc(F)cc1. The highest BCUT2D eigenvalue weighted by atomic mass is 19.1. The first-order valence-corrected chi connectivity index (χ1v) is 6.98. The summed E-state index contributed by atoms with van der Waals surface area (Å²) in [6, 6.07) is 15.0. The second-order valence-electron chi connectivity index (χ2n) is 4.91.